The molecule has 0 aliphatic rings. The Kier molecular flexibility index (Phi) is 2.95. The topological polar surface area (TPSA) is 63.9 Å². The minimum Gasteiger partial charge on any atom is -0.496 e. The molecule has 0 aliphatic heterocycles. The van der Waals surface area contributed by atoms with Gasteiger partial charge in [0.2, 0.25) is 0 Å². The van der Waals surface area contributed by atoms with Gasteiger partial charge in [0, 0.05) is 5.56 Å². The van der Waals surface area contributed by atoms with Gasteiger partial charge in [0.25, 0.3) is 6.43 Å². The van der Waals surface area contributed by atoms with E-state index in [1.807, 2.05) is 0 Å². The highest BCUT2D eigenvalue weighted by molar-refractivity contribution is 5.80. The number of nitrogens with one attached hydrogen (secondary N) is 1. The second kappa shape index (κ2) is 4.40. The fourth-order valence-corrected chi connectivity index (χ4v) is 1.66. The van der Waals surface area contributed by atoms with Crippen LogP contribution >= 0.6 is 0 Å². The molecule has 90 valence electrons. The molecule has 2 aromatic rings. The number of ether oxygens (including phenoxy) is 1. The van der Waals surface area contributed by atoms with Crippen LogP contribution in [0.5, 0.6) is 5.75 Å². The molecule has 0 saturated carbocycles. The van der Waals surface area contributed by atoms with Crippen molar-refractivity contribution in [1.82, 2.24) is 10.2 Å². The van der Waals surface area contributed by atoms with Crippen molar-refractivity contribution in [3.05, 3.63) is 30.0 Å². The third-order valence-electron chi connectivity index (χ3n) is 2.42. The van der Waals surface area contributed by atoms with Crippen LogP contribution in [0.25, 0.3) is 11.1 Å². The summed E-state index contributed by atoms with van der Waals surface area (Å²) in [6, 6.07) is 6.81. The number of aromatic amines is 1. The second-order valence-corrected chi connectivity index (χ2v) is 3.40. The van der Waals surface area contributed by atoms with Crippen molar-refractivity contribution in [3.63, 3.8) is 0 Å². The molecule has 0 aliphatic carbocycles. The Balaban J connectivity index is 2.63. The quantitative estimate of drug-likeness (QED) is 0.865. The molecule has 0 bridgehead atoms. The molecule has 0 spiro atoms. The Morgan fingerprint density at radius 1 is 1.35 bits per heavy atom. The molecule has 1 aromatic carbocycles. The molecule has 0 radical (unpaired) electrons. The number of nitrogens with zero attached hydrogens (tertiary/aromatic N) is 1. The first kappa shape index (κ1) is 11.4. The Morgan fingerprint density at radius 3 is 2.71 bits per heavy atom. The van der Waals surface area contributed by atoms with E-state index in [9.17, 15) is 8.78 Å². The third-order valence-corrected chi connectivity index (χ3v) is 2.42. The maximum atomic E-state index is 12.8. The molecule has 0 fully saturated rings. The number of halogens is 2. The van der Waals surface area contributed by atoms with Crippen LogP contribution in [-0.4, -0.2) is 17.3 Å². The lowest BCUT2D eigenvalue weighted by molar-refractivity contribution is 0.146. The largest absolute Gasteiger partial charge is 0.496 e. The van der Waals surface area contributed by atoms with E-state index in [0.717, 1.165) is 0 Å². The van der Waals surface area contributed by atoms with E-state index in [1.165, 1.54) is 7.11 Å². The molecule has 4 nitrogen and oxygen atoms in total. The van der Waals surface area contributed by atoms with Crippen LogP contribution in [0.1, 0.15) is 12.1 Å². The van der Waals surface area contributed by atoms with Crippen LogP contribution in [0.3, 0.4) is 0 Å². The highest BCUT2D eigenvalue weighted by Gasteiger charge is 2.22. The molecule has 0 saturated heterocycles. The van der Waals surface area contributed by atoms with Gasteiger partial charge < -0.3 is 10.5 Å². The number of methoxy groups -OCH3 is 1. The molecule has 3 N–H and O–H groups in total. The van der Waals surface area contributed by atoms with Gasteiger partial charge >= 0.3 is 0 Å². The van der Waals surface area contributed by atoms with Gasteiger partial charge in [-0.3, -0.25) is 5.10 Å². The van der Waals surface area contributed by atoms with E-state index in [-0.39, 0.29) is 17.1 Å². The predicted molar refractivity (Wildman–Crippen MR) is 59.9 cm³/mol. The maximum absolute atomic E-state index is 12.8. The molecule has 1 heterocycles. The van der Waals surface area contributed by atoms with Crippen molar-refractivity contribution in [3.8, 4) is 16.9 Å². The average molecular weight is 239 g/mol. The number of H-pyrrole nitrogens is 1. The number of aromatic nitrogens is 2. The molecule has 0 amide bonds. The number of anilines is 1. The van der Waals surface area contributed by atoms with Crippen molar-refractivity contribution in [2.24, 2.45) is 0 Å². The number of rotatable bonds is 3. The number of benzene rings is 1. The Hall–Kier alpha value is -2.11. The summed E-state index contributed by atoms with van der Waals surface area (Å²) in [4.78, 5) is 0. The zero-order valence-corrected chi connectivity index (χ0v) is 9.08. The fourth-order valence-electron chi connectivity index (χ4n) is 1.66. The summed E-state index contributed by atoms with van der Waals surface area (Å²) in [7, 11) is 1.47. The molecule has 0 unspecified atom stereocenters. The number of nitrogens with two attached hydrogens (primary N) is 1. The van der Waals surface area contributed by atoms with Crippen molar-refractivity contribution in [1.29, 1.82) is 0 Å². The van der Waals surface area contributed by atoms with Crippen LogP contribution in [0.4, 0.5) is 14.6 Å². The van der Waals surface area contributed by atoms with E-state index >= 15 is 0 Å². The molecule has 17 heavy (non-hydrogen) atoms. The lowest BCUT2D eigenvalue weighted by Crippen LogP contribution is -1.94. The van der Waals surface area contributed by atoms with Crippen molar-refractivity contribution in [2.45, 2.75) is 6.43 Å². The van der Waals surface area contributed by atoms with E-state index in [4.69, 9.17) is 10.5 Å². The van der Waals surface area contributed by atoms with Gasteiger partial charge in [-0.25, -0.2) is 8.78 Å². The van der Waals surface area contributed by atoms with Crippen molar-refractivity contribution >= 4 is 5.82 Å². The molecule has 1 aromatic heterocycles. The van der Waals surface area contributed by atoms with Crippen LogP contribution < -0.4 is 10.5 Å². The fraction of sp³-hybridized carbons (Fsp3) is 0.182. The summed E-state index contributed by atoms with van der Waals surface area (Å²) in [6.45, 7) is 0. The summed E-state index contributed by atoms with van der Waals surface area (Å²) in [5.41, 5.74) is 5.99. The van der Waals surface area contributed by atoms with E-state index in [1.54, 1.807) is 24.3 Å². The number of para-hydroxylation sites is 1. The molecular formula is C11H11F2N3O. The minimum atomic E-state index is -2.67. The zero-order chi connectivity index (χ0) is 12.4. The number of hydrogen-bond acceptors (Lipinski definition) is 3. The summed E-state index contributed by atoms with van der Waals surface area (Å²) in [5, 5.41) is 5.85. The number of hydrogen-bond donors (Lipinski definition) is 2. The van der Waals surface area contributed by atoms with Gasteiger partial charge in [-0.05, 0) is 6.07 Å². The van der Waals surface area contributed by atoms with Crippen LogP contribution in [-0.2, 0) is 0 Å². The highest BCUT2D eigenvalue weighted by Crippen LogP contribution is 2.38. The van der Waals surface area contributed by atoms with Gasteiger partial charge in [-0.2, -0.15) is 5.10 Å². The number of alkyl halides is 2. The average Bonchev–Trinajstić information content (AvgIpc) is 2.71. The summed E-state index contributed by atoms with van der Waals surface area (Å²) in [6.07, 6.45) is -2.67. The smallest absolute Gasteiger partial charge is 0.280 e. The van der Waals surface area contributed by atoms with Crippen LogP contribution in [0.15, 0.2) is 24.3 Å². The normalized spacial score (nSPS) is 10.8. The van der Waals surface area contributed by atoms with Crippen molar-refractivity contribution < 1.29 is 13.5 Å². The summed E-state index contributed by atoms with van der Waals surface area (Å²) in [5.74, 6) is 0.507. The molecular weight excluding hydrogens is 228 g/mol. The molecule has 0 atom stereocenters. The first-order chi connectivity index (χ1) is 8.15. The van der Waals surface area contributed by atoms with Crippen LogP contribution in [0.2, 0.25) is 0 Å². The van der Waals surface area contributed by atoms with Gasteiger partial charge in [-0.15, -0.1) is 0 Å². The standard InChI is InChI=1S/C11H11F2N3O/c1-17-7-5-3-2-4-6(7)8-9(10(12)13)15-16-11(8)14/h2-5,10H,1H3,(H3,14,15,16). The van der Waals surface area contributed by atoms with E-state index < -0.39 is 6.43 Å². The van der Waals surface area contributed by atoms with Gasteiger partial charge in [0.15, 0.2) is 5.82 Å². The van der Waals surface area contributed by atoms with Gasteiger partial charge in [0.05, 0.1) is 12.7 Å². The van der Waals surface area contributed by atoms with Crippen LogP contribution in [0, 0.1) is 0 Å². The molecule has 6 heteroatoms. The monoisotopic (exact) mass is 239 g/mol. The lowest BCUT2D eigenvalue weighted by Gasteiger charge is -2.08. The molecule has 2 rings (SSSR count). The predicted octanol–water partition coefficient (Wildman–Crippen LogP) is 2.61. The van der Waals surface area contributed by atoms with Gasteiger partial charge in [-0.1, -0.05) is 18.2 Å². The minimum absolute atomic E-state index is 0.0322. The third kappa shape index (κ3) is 1.93. The Bertz CT molecular complexity index is 525. The van der Waals surface area contributed by atoms with E-state index in [2.05, 4.69) is 10.2 Å². The summed E-state index contributed by atoms with van der Waals surface area (Å²) >= 11 is 0. The first-order valence-corrected chi connectivity index (χ1v) is 4.90. The Morgan fingerprint density at radius 2 is 2.06 bits per heavy atom. The highest BCUT2D eigenvalue weighted by atomic mass is 19.3. The van der Waals surface area contributed by atoms with E-state index in [0.29, 0.717) is 11.3 Å². The summed E-state index contributed by atoms with van der Waals surface area (Å²) < 4.78 is 30.7. The van der Waals surface area contributed by atoms with Gasteiger partial charge in [0.1, 0.15) is 11.4 Å². The van der Waals surface area contributed by atoms with Crippen molar-refractivity contribution in [2.75, 3.05) is 12.8 Å². The second-order valence-electron chi connectivity index (χ2n) is 3.40. The maximum Gasteiger partial charge on any atom is 0.280 e. The Labute approximate surface area is 96.4 Å². The number of nitrogen functional groups attached to an aromatic ring is 1. The SMILES string of the molecule is COc1ccccc1-c1c(N)n[nH]c1C(F)F. The lowest BCUT2D eigenvalue weighted by atomic mass is 10.0. The first-order valence-electron chi connectivity index (χ1n) is 4.90. The zero-order valence-electron chi connectivity index (χ0n) is 9.08.